The number of ether oxygens (including phenoxy) is 1. The summed E-state index contributed by atoms with van der Waals surface area (Å²) in [6.07, 6.45) is 4.60. The van der Waals surface area contributed by atoms with Gasteiger partial charge in [-0.3, -0.25) is 9.59 Å². The van der Waals surface area contributed by atoms with Crippen LogP contribution in [0.15, 0.2) is 33.6 Å². The molecule has 4 atom stereocenters. The van der Waals surface area contributed by atoms with Crippen molar-refractivity contribution in [2.45, 2.75) is 63.8 Å². The van der Waals surface area contributed by atoms with Gasteiger partial charge in [-0.15, -0.1) is 0 Å². The molecule has 1 aromatic carbocycles. The number of aromatic amines is 1. The summed E-state index contributed by atoms with van der Waals surface area (Å²) in [4.78, 5) is 29.6. The van der Waals surface area contributed by atoms with E-state index in [-0.39, 0.29) is 29.0 Å². The van der Waals surface area contributed by atoms with Gasteiger partial charge in [-0.25, -0.2) is 0 Å². The zero-order chi connectivity index (χ0) is 22.0. The Morgan fingerprint density at radius 1 is 1.16 bits per heavy atom. The Kier molecular flexibility index (Phi) is 4.70. The monoisotopic (exact) mass is 457 g/mol. The second-order valence-electron chi connectivity index (χ2n) is 9.96. The molecular formula is C24H28ClN3O4. The minimum absolute atomic E-state index is 0.149. The van der Waals surface area contributed by atoms with E-state index in [0.29, 0.717) is 23.5 Å². The second kappa shape index (κ2) is 7.39. The summed E-state index contributed by atoms with van der Waals surface area (Å²) < 4.78 is 11.6. The van der Waals surface area contributed by atoms with Crippen LogP contribution in [0.3, 0.4) is 0 Å². The number of nitrogens with one attached hydrogen (secondary N) is 1. The van der Waals surface area contributed by atoms with Gasteiger partial charge < -0.3 is 19.1 Å². The van der Waals surface area contributed by atoms with Crippen molar-refractivity contribution < 1.29 is 14.1 Å². The van der Waals surface area contributed by atoms with Crippen molar-refractivity contribution in [2.75, 3.05) is 13.1 Å². The van der Waals surface area contributed by atoms with Crippen LogP contribution >= 0.6 is 11.6 Å². The SMILES string of the molecule is CC1C2Oc3ccc(Cl)cc3CN2C(=O)[C@]12CC[C@@H](N1CCC(c3cc(=O)[nH]o3)CC1)C2. The number of H-pyrrole nitrogens is 1. The molecule has 1 spiro atoms. The molecule has 2 saturated heterocycles. The number of aromatic nitrogens is 1. The zero-order valence-electron chi connectivity index (χ0n) is 18.2. The minimum atomic E-state index is -0.342. The number of fused-ring (bicyclic) bond motifs is 2. The van der Waals surface area contributed by atoms with Gasteiger partial charge in [0.15, 0.2) is 6.23 Å². The fourth-order valence-electron chi connectivity index (χ4n) is 6.58. The average molecular weight is 458 g/mol. The van der Waals surface area contributed by atoms with Crippen LogP contribution in [-0.2, 0) is 11.3 Å². The molecule has 8 heteroatoms. The van der Waals surface area contributed by atoms with Crippen LogP contribution < -0.4 is 10.3 Å². The summed E-state index contributed by atoms with van der Waals surface area (Å²) >= 11 is 6.17. The molecule has 0 radical (unpaired) electrons. The van der Waals surface area contributed by atoms with E-state index in [9.17, 15) is 9.59 Å². The van der Waals surface area contributed by atoms with Crippen molar-refractivity contribution in [3.05, 3.63) is 51.0 Å². The first kappa shape index (κ1) is 20.4. The van der Waals surface area contributed by atoms with E-state index in [0.717, 1.165) is 62.3 Å². The fraction of sp³-hybridized carbons (Fsp3) is 0.583. The number of nitrogens with zero attached hydrogens (tertiary/aromatic N) is 2. The third-order valence-corrected chi connectivity index (χ3v) is 8.65. The van der Waals surface area contributed by atoms with Gasteiger partial charge in [0.1, 0.15) is 11.5 Å². The van der Waals surface area contributed by atoms with E-state index < -0.39 is 0 Å². The molecule has 7 nitrogen and oxygen atoms in total. The van der Waals surface area contributed by atoms with Crippen molar-refractivity contribution in [1.29, 1.82) is 0 Å². The van der Waals surface area contributed by atoms with Crippen LogP contribution in [0.1, 0.15) is 56.3 Å². The van der Waals surface area contributed by atoms with Crippen molar-refractivity contribution in [1.82, 2.24) is 15.0 Å². The summed E-state index contributed by atoms with van der Waals surface area (Å²) in [7, 11) is 0. The van der Waals surface area contributed by atoms with Gasteiger partial charge >= 0.3 is 0 Å². The molecule has 4 aliphatic rings. The molecule has 170 valence electrons. The predicted octanol–water partition coefficient (Wildman–Crippen LogP) is 3.74. The molecule has 1 aromatic heterocycles. The number of benzene rings is 1. The highest BCUT2D eigenvalue weighted by Crippen LogP contribution is 2.55. The zero-order valence-corrected chi connectivity index (χ0v) is 18.9. The number of hydrogen-bond donors (Lipinski definition) is 1. The van der Waals surface area contributed by atoms with Gasteiger partial charge in [0.2, 0.25) is 5.91 Å². The largest absolute Gasteiger partial charge is 0.470 e. The highest BCUT2D eigenvalue weighted by Gasteiger charge is 2.62. The summed E-state index contributed by atoms with van der Waals surface area (Å²) in [5, 5.41) is 3.07. The molecule has 1 saturated carbocycles. The van der Waals surface area contributed by atoms with Crippen LogP contribution in [-0.4, -0.2) is 46.2 Å². The van der Waals surface area contributed by atoms with Crippen molar-refractivity contribution in [3.8, 4) is 5.75 Å². The van der Waals surface area contributed by atoms with Gasteiger partial charge in [-0.05, 0) is 63.4 Å². The van der Waals surface area contributed by atoms with Crippen molar-refractivity contribution in [2.24, 2.45) is 11.3 Å². The molecule has 0 bridgehead atoms. The van der Waals surface area contributed by atoms with Gasteiger partial charge in [0.05, 0.1) is 12.0 Å². The number of carbonyl (C=O) groups is 1. The Morgan fingerprint density at radius 2 is 1.97 bits per heavy atom. The molecule has 32 heavy (non-hydrogen) atoms. The van der Waals surface area contributed by atoms with E-state index in [2.05, 4.69) is 17.0 Å². The average Bonchev–Trinajstić information content (AvgIpc) is 3.49. The first-order valence-corrected chi connectivity index (χ1v) is 12.0. The van der Waals surface area contributed by atoms with Gasteiger partial charge in [-0.1, -0.05) is 18.5 Å². The van der Waals surface area contributed by atoms with Crippen LogP contribution in [0.25, 0.3) is 0 Å². The summed E-state index contributed by atoms with van der Waals surface area (Å²) in [5.41, 5.74) is 0.474. The molecule has 2 aromatic rings. The number of halogens is 1. The molecule has 3 aliphatic heterocycles. The highest BCUT2D eigenvalue weighted by molar-refractivity contribution is 6.30. The third kappa shape index (κ3) is 3.05. The Labute approximate surface area is 191 Å². The minimum Gasteiger partial charge on any atom is -0.470 e. The molecule has 1 amide bonds. The lowest BCUT2D eigenvalue weighted by molar-refractivity contribution is -0.140. The Bertz CT molecular complexity index is 1100. The summed E-state index contributed by atoms with van der Waals surface area (Å²) in [6, 6.07) is 7.67. The van der Waals surface area contributed by atoms with Gasteiger partial charge in [0.25, 0.3) is 5.56 Å². The van der Waals surface area contributed by atoms with E-state index >= 15 is 0 Å². The first-order valence-electron chi connectivity index (χ1n) is 11.6. The topological polar surface area (TPSA) is 78.8 Å². The van der Waals surface area contributed by atoms with Gasteiger partial charge in [-0.2, -0.15) is 5.16 Å². The number of amides is 1. The van der Waals surface area contributed by atoms with E-state index in [1.807, 2.05) is 23.1 Å². The lowest BCUT2D eigenvalue weighted by Crippen LogP contribution is -2.42. The number of carbonyl (C=O) groups excluding carboxylic acids is 1. The van der Waals surface area contributed by atoms with Crippen LogP contribution in [0.4, 0.5) is 0 Å². The Hall–Kier alpha value is -2.25. The number of piperidine rings is 1. The Morgan fingerprint density at radius 3 is 2.72 bits per heavy atom. The highest BCUT2D eigenvalue weighted by atomic mass is 35.5. The van der Waals surface area contributed by atoms with Crippen molar-refractivity contribution in [3.63, 3.8) is 0 Å². The summed E-state index contributed by atoms with van der Waals surface area (Å²) in [5.74, 6) is 2.30. The molecule has 1 N–H and O–H groups in total. The molecule has 4 heterocycles. The number of rotatable bonds is 2. The molecule has 6 rings (SSSR count). The summed E-state index contributed by atoms with van der Waals surface area (Å²) in [6.45, 7) is 4.70. The Balaban J connectivity index is 1.16. The van der Waals surface area contributed by atoms with Gasteiger partial charge in [0, 0.05) is 34.5 Å². The molecule has 3 fully saturated rings. The van der Waals surface area contributed by atoms with Crippen LogP contribution in [0.2, 0.25) is 5.02 Å². The maximum absolute atomic E-state index is 13.7. The molecule has 1 aliphatic carbocycles. The predicted molar refractivity (Wildman–Crippen MR) is 119 cm³/mol. The molecule has 2 unspecified atom stereocenters. The van der Waals surface area contributed by atoms with E-state index in [4.69, 9.17) is 20.9 Å². The molecular weight excluding hydrogens is 430 g/mol. The number of likely N-dealkylation sites (tertiary alicyclic amines) is 1. The smallest absolute Gasteiger partial charge is 0.280 e. The maximum Gasteiger partial charge on any atom is 0.280 e. The third-order valence-electron chi connectivity index (χ3n) is 8.42. The van der Waals surface area contributed by atoms with E-state index in [1.54, 1.807) is 6.07 Å². The standard InChI is InChI=1S/C24H28ClN3O4/c1-14-22-28(13-16-10-17(25)2-3-19(16)31-22)23(30)24(14)7-4-18(12-24)27-8-5-15(6-9-27)20-11-21(29)26-32-20/h2-3,10-11,14-15,18,22H,4-9,12-13H2,1H3,(H,26,29)/t14?,18-,22?,24+/m1/s1. The number of hydrogen-bond acceptors (Lipinski definition) is 5. The second-order valence-corrected chi connectivity index (χ2v) is 10.4. The van der Waals surface area contributed by atoms with Crippen LogP contribution in [0, 0.1) is 11.3 Å². The lowest BCUT2D eigenvalue weighted by atomic mass is 9.76. The normalized spacial score (nSPS) is 32.9. The first-order chi connectivity index (χ1) is 15.4. The maximum atomic E-state index is 13.7. The lowest BCUT2D eigenvalue weighted by Gasteiger charge is -2.36. The quantitative estimate of drug-likeness (QED) is 0.743. The van der Waals surface area contributed by atoms with E-state index in [1.165, 1.54) is 0 Å². The fourth-order valence-corrected chi connectivity index (χ4v) is 6.78. The van der Waals surface area contributed by atoms with Crippen LogP contribution in [0.5, 0.6) is 5.75 Å². The van der Waals surface area contributed by atoms with Crippen molar-refractivity contribution >= 4 is 17.5 Å².